The van der Waals surface area contributed by atoms with Crippen LogP contribution in [0.3, 0.4) is 0 Å². The lowest BCUT2D eigenvalue weighted by Gasteiger charge is -2.16. The minimum atomic E-state index is -4.90. The number of sulfonamides is 1. The standard InChI is InChI=1S/C23H20Cl2F3N3O4S/c1-2-36(33,34)31-15-9-7-14(8-10-15)13-29-22(32)30-16-11-18(24)21(19(25)12-16)17-5-3-4-6-20(17)35-23(26,27)28/h3-12,31H,2,13H2,1H3,(H2,29,30,32). The summed E-state index contributed by atoms with van der Waals surface area (Å²) in [5.74, 6) is -0.528. The number of carbonyl (C=O) groups excluding carboxylic acids is 1. The Balaban J connectivity index is 1.67. The Morgan fingerprint density at radius 3 is 2.17 bits per heavy atom. The number of nitrogens with one attached hydrogen (secondary N) is 3. The van der Waals surface area contributed by atoms with Gasteiger partial charge in [-0.25, -0.2) is 13.2 Å². The molecule has 192 valence electrons. The zero-order valence-electron chi connectivity index (χ0n) is 18.6. The van der Waals surface area contributed by atoms with E-state index in [0.29, 0.717) is 11.3 Å². The Kier molecular flexibility index (Phi) is 8.59. The predicted octanol–water partition coefficient (Wildman–Crippen LogP) is 6.64. The first-order chi connectivity index (χ1) is 16.9. The van der Waals surface area contributed by atoms with Gasteiger partial charge < -0.3 is 15.4 Å². The van der Waals surface area contributed by atoms with Crippen LogP contribution in [0, 0.1) is 0 Å². The first kappa shape index (κ1) is 27.4. The highest BCUT2D eigenvalue weighted by molar-refractivity contribution is 7.92. The molecule has 0 fully saturated rings. The summed E-state index contributed by atoms with van der Waals surface area (Å²) in [4.78, 5) is 12.3. The van der Waals surface area contributed by atoms with Crippen molar-refractivity contribution in [2.75, 3.05) is 15.8 Å². The molecule has 0 aliphatic carbocycles. The molecule has 2 amide bonds. The third kappa shape index (κ3) is 7.67. The van der Waals surface area contributed by atoms with E-state index in [4.69, 9.17) is 23.2 Å². The summed E-state index contributed by atoms with van der Waals surface area (Å²) in [6.07, 6.45) is -4.90. The molecule has 7 nitrogen and oxygen atoms in total. The van der Waals surface area contributed by atoms with Crippen LogP contribution in [0.25, 0.3) is 11.1 Å². The summed E-state index contributed by atoms with van der Waals surface area (Å²) >= 11 is 12.6. The predicted molar refractivity (Wildman–Crippen MR) is 134 cm³/mol. The molecule has 3 N–H and O–H groups in total. The van der Waals surface area contributed by atoms with Gasteiger partial charge in [-0.1, -0.05) is 53.5 Å². The average Bonchev–Trinajstić information content (AvgIpc) is 2.78. The quantitative estimate of drug-likeness (QED) is 0.287. The molecular formula is C23H20Cl2F3N3O4S. The van der Waals surface area contributed by atoms with E-state index in [2.05, 4.69) is 20.1 Å². The molecule has 0 bridgehead atoms. The second-order valence-electron chi connectivity index (χ2n) is 7.37. The highest BCUT2D eigenvalue weighted by Crippen LogP contribution is 2.42. The summed E-state index contributed by atoms with van der Waals surface area (Å²) in [6.45, 7) is 1.66. The fourth-order valence-electron chi connectivity index (χ4n) is 3.09. The van der Waals surface area contributed by atoms with Crippen molar-refractivity contribution in [2.45, 2.75) is 19.8 Å². The maximum atomic E-state index is 12.8. The molecule has 0 aromatic heterocycles. The molecule has 0 radical (unpaired) electrons. The van der Waals surface area contributed by atoms with Gasteiger partial charge in [-0.2, -0.15) is 0 Å². The van der Waals surface area contributed by atoms with Gasteiger partial charge in [0.25, 0.3) is 0 Å². The van der Waals surface area contributed by atoms with Crippen molar-refractivity contribution in [2.24, 2.45) is 0 Å². The summed E-state index contributed by atoms with van der Waals surface area (Å²) in [5.41, 5.74) is 1.46. The van der Waals surface area contributed by atoms with Crippen LogP contribution in [0.5, 0.6) is 5.75 Å². The van der Waals surface area contributed by atoms with Gasteiger partial charge in [0.1, 0.15) is 5.75 Å². The van der Waals surface area contributed by atoms with Crippen LogP contribution in [0.4, 0.5) is 29.3 Å². The third-order valence-electron chi connectivity index (χ3n) is 4.74. The topological polar surface area (TPSA) is 96.5 Å². The summed E-state index contributed by atoms with van der Waals surface area (Å²) < 4.78 is 68.0. The molecular weight excluding hydrogens is 542 g/mol. The molecule has 0 atom stereocenters. The summed E-state index contributed by atoms with van der Waals surface area (Å²) in [7, 11) is -3.39. The number of hydrogen-bond acceptors (Lipinski definition) is 4. The van der Waals surface area contributed by atoms with Crippen LogP contribution >= 0.6 is 23.2 Å². The van der Waals surface area contributed by atoms with Gasteiger partial charge in [-0.05, 0) is 42.8 Å². The van der Waals surface area contributed by atoms with Gasteiger partial charge in [-0.15, -0.1) is 13.2 Å². The van der Waals surface area contributed by atoms with Crippen LogP contribution < -0.4 is 20.1 Å². The fourth-order valence-corrected chi connectivity index (χ4v) is 4.42. The molecule has 0 aliphatic heterocycles. The molecule has 3 aromatic carbocycles. The molecule has 3 aromatic rings. The first-order valence-electron chi connectivity index (χ1n) is 10.4. The smallest absolute Gasteiger partial charge is 0.405 e. The molecule has 13 heteroatoms. The zero-order valence-corrected chi connectivity index (χ0v) is 20.9. The Morgan fingerprint density at radius 2 is 1.58 bits per heavy atom. The van der Waals surface area contributed by atoms with Gasteiger partial charge in [0.2, 0.25) is 10.0 Å². The fraction of sp³-hybridized carbons (Fsp3) is 0.174. The van der Waals surface area contributed by atoms with E-state index in [1.165, 1.54) is 37.3 Å². The lowest BCUT2D eigenvalue weighted by Crippen LogP contribution is -2.28. The van der Waals surface area contributed by atoms with E-state index >= 15 is 0 Å². The van der Waals surface area contributed by atoms with E-state index in [1.807, 2.05) is 0 Å². The number of hydrogen-bond donors (Lipinski definition) is 3. The molecule has 0 aliphatic rings. The third-order valence-corrected chi connectivity index (χ3v) is 6.65. The van der Waals surface area contributed by atoms with Crippen molar-refractivity contribution in [3.05, 3.63) is 76.3 Å². The van der Waals surface area contributed by atoms with Gasteiger partial charge >= 0.3 is 12.4 Å². The number of carbonyl (C=O) groups is 1. The molecule has 0 saturated heterocycles. The van der Waals surface area contributed by atoms with Crippen LogP contribution in [0.15, 0.2) is 60.7 Å². The maximum Gasteiger partial charge on any atom is 0.573 e. The summed E-state index contributed by atoms with van der Waals surface area (Å²) in [5, 5.41) is 5.18. The molecule has 0 unspecified atom stereocenters. The highest BCUT2D eigenvalue weighted by atomic mass is 35.5. The van der Waals surface area contributed by atoms with E-state index in [1.54, 1.807) is 24.3 Å². The highest BCUT2D eigenvalue weighted by Gasteiger charge is 2.32. The van der Waals surface area contributed by atoms with E-state index < -0.39 is 28.2 Å². The van der Waals surface area contributed by atoms with E-state index in [-0.39, 0.29) is 39.2 Å². The Labute approximate surface area is 215 Å². The number of rotatable bonds is 8. The van der Waals surface area contributed by atoms with Gasteiger partial charge in [0.05, 0.1) is 15.8 Å². The van der Waals surface area contributed by atoms with Crippen LogP contribution in [-0.2, 0) is 16.6 Å². The number of urea groups is 1. The lowest BCUT2D eigenvalue weighted by molar-refractivity contribution is -0.274. The second kappa shape index (κ2) is 11.3. The zero-order chi connectivity index (χ0) is 26.5. The number of benzene rings is 3. The second-order valence-corrected chi connectivity index (χ2v) is 10.2. The van der Waals surface area contributed by atoms with Crippen LogP contribution in [-0.4, -0.2) is 26.6 Å². The lowest BCUT2D eigenvalue weighted by atomic mass is 10.0. The van der Waals surface area contributed by atoms with Crippen molar-refractivity contribution in [1.82, 2.24) is 5.32 Å². The number of anilines is 2. The number of ether oxygens (including phenoxy) is 1. The van der Waals surface area contributed by atoms with Crippen molar-refractivity contribution in [3.8, 4) is 16.9 Å². The normalized spacial score (nSPS) is 11.6. The van der Waals surface area contributed by atoms with Gasteiger partial charge in [-0.3, -0.25) is 4.72 Å². The van der Waals surface area contributed by atoms with Crippen molar-refractivity contribution >= 4 is 50.6 Å². The molecule has 0 saturated carbocycles. The Bertz CT molecular complexity index is 1330. The van der Waals surface area contributed by atoms with Crippen molar-refractivity contribution in [1.29, 1.82) is 0 Å². The SMILES string of the molecule is CCS(=O)(=O)Nc1ccc(CNC(=O)Nc2cc(Cl)c(-c3ccccc3OC(F)(F)F)c(Cl)c2)cc1. The number of halogens is 5. The maximum absolute atomic E-state index is 12.8. The summed E-state index contributed by atoms with van der Waals surface area (Å²) in [6, 6.07) is 14.0. The van der Waals surface area contributed by atoms with E-state index in [9.17, 15) is 26.4 Å². The van der Waals surface area contributed by atoms with Crippen LogP contribution in [0.1, 0.15) is 12.5 Å². The Hall–Kier alpha value is -3.15. The molecule has 36 heavy (non-hydrogen) atoms. The molecule has 0 spiro atoms. The number of alkyl halides is 3. The number of amides is 2. The van der Waals surface area contributed by atoms with Crippen molar-refractivity contribution < 1.29 is 31.1 Å². The Morgan fingerprint density at radius 1 is 0.972 bits per heavy atom. The molecule has 3 rings (SSSR count). The minimum absolute atomic E-state index is 0.00106. The first-order valence-corrected chi connectivity index (χ1v) is 12.8. The van der Waals surface area contributed by atoms with E-state index in [0.717, 1.165) is 6.07 Å². The minimum Gasteiger partial charge on any atom is -0.405 e. The largest absolute Gasteiger partial charge is 0.573 e. The van der Waals surface area contributed by atoms with Crippen LogP contribution in [0.2, 0.25) is 10.0 Å². The van der Waals surface area contributed by atoms with Gasteiger partial charge in [0, 0.05) is 29.0 Å². The average molecular weight is 562 g/mol. The van der Waals surface area contributed by atoms with Crippen molar-refractivity contribution in [3.63, 3.8) is 0 Å². The van der Waals surface area contributed by atoms with Gasteiger partial charge in [0.15, 0.2) is 0 Å². The molecule has 0 heterocycles. The monoisotopic (exact) mass is 561 g/mol. The number of para-hydroxylation sites is 1.